The number of aliphatic carboxylic acids is 1. The summed E-state index contributed by atoms with van der Waals surface area (Å²) >= 11 is 5.68. The van der Waals surface area contributed by atoms with Crippen LogP contribution in [-0.2, 0) is 9.53 Å². The van der Waals surface area contributed by atoms with Crippen molar-refractivity contribution in [3.63, 3.8) is 0 Å². The van der Waals surface area contributed by atoms with Crippen LogP contribution in [0.3, 0.4) is 0 Å². The summed E-state index contributed by atoms with van der Waals surface area (Å²) in [5.74, 6) is -1.27. The first-order valence-corrected chi connectivity index (χ1v) is 6.37. The lowest BCUT2D eigenvalue weighted by atomic mass is 10.3. The Morgan fingerprint density at radius 2 is 2.05 bits per heavy atom. The molecule has 0 atom stereocenters. The van der Waals surface area contributed by atoms with Gasteiger partial charge >= 0.3 is 5.97 Å². The number of halogens is 1. The number of ether oxygens (including phenoxy) is 1. The molecule has 5 nitrogen and oxygen atoms in total. The summed E-state index contributed by atoms with van der Waals surface area (Å²) in [5, 5.41) is 20.3. The van der Waals surface area contributed by atoms with Crippen LogP contribution >= 0.6 is 11.6 Å². The number of nitriles is 1. The largest absolute Gasteiger partial charge is 0.500 e. The molecule has 0 amide bonds. The molecule has 1 aromatic carbocycles. The number of nitrogens with one attached hydrogen (secondary N) is 1. The van der Waals surface area contributed by atoms with Crippen molar-refractivity contribution < 1.29 is 14.6 Å². The van der Waals surface area contributed by atoms with Crippen LogP contribution in [0.25, 0.3) is 0 Å². The molecule has 2 N–H and O–H groups in total. The lowest BCUT2D eigenvalue weighted by molar-refractivity contribution is -0.132. The molecule has 0 unspecified atom stereocenters. The molecular formula is C14H17ClN2O3. The Hall–Kier alpha value is -2.19. The van der Waals surface area contributed by atoms with Gasteiger partial charge in [0.05, 0.1) is 6.61 Å². The maximum Gasteiger partial charge on any atom is 0.349 e. The number of hydrogen-bond acceptors (Lipinski definition) is 4. The molecule has 1 aromatic rings. The van der Waals surface area contributed by atoms with Gasteiger partial charge in [0.15, 0.2) is 5.57 Å². The number of carbonyl (C=O) groups is 1. The fourth-order valence-corrected chi connectivity index (χ4v) is 1.19. The van der Waals surface area contributed by atoms with Crippen molar-refractivity contribution in [2.45, 2.75) is 13.8 Å². The highest BCUT2D eigenvalue weighted by Crippen LogP contribution is 2.12. The van der Waals surface area contributed by atoms with Crippen molar-refractivity contribution in [1.29, 1.82) is 5.26 Å². The number of benzene rings is 1. The number of carboxylic acids is 1. The average molecular weight is 297 g/mol. The Balaban J connectivity index is 0.000000361. The summed E-state index contributed by atoms with van der Waals surface area (Å²) in [6, 6.07) is 9.15. The van der Waals surface area contributed by atoms with E-state index in [2.05, 4.69) is 17.0 Å². The highest BCUT2D eigenvalue weighted by molar-refractivity contribution is 6.30. The molecule has 0 saturated carbocycles. The van der Waals surface area contributed by atoms with E-state index in [4.69, 9.17) is 22.0 Å². The van der Waals surface area contributed by atoms with Gasteiger partial charge < -0.3 is 15.2 Å². The molecule has 1 rings (SSSR count). The van der Waals surface area contributed by atoms with Crippen LogP contribution < -0.4 is 5.32 Å². The van der Waals surface area contributed by atoms with Gasteiger partial charge in [-0.3, -0.25) is 0 Å². The normalized spacial score (nSPS) is 9.80. The quantitative estimate of drug-likeness (QED) is 0.495. The fraction of sp³-hybridized carbons (Fsp3) is 0.286. The van der Waals surface area contributed by atoms with Gasteiger partial charge in [-0.1, -0.05) is 11.6 Å². The minimum atomic E-state index is -1.27. The molecular weight excluding hydrogens is 280 g/mol. The fourth-order valence-electron chi connectivity index (χ4n) is 1.06. The molecule has 0 bridgehead atoms. The minimum absolute atomic E-state index is 0.360. The van der Waals surface area contributed by atoms with Gasteiger partial charge in [0.1, 0.15) is 12.3 Å². The zero-order valence-corrected chi connectivity index (χ0v) is 12.1. The molecule has 0 radical (unpaired) electrons. The zero-order valence-electron chi connectivity index (χ0n) is 11.4. The van der Waals surface area contributed by atoms with Crippen molar-refractivity contribution in [1.82, 2.24) is 0 Å². The monoisotopic (exact) mass is 296 g/mol. The summed E-state index contributed by atoms with van der Waals surface area (Å²) in [6.45, 7) is 5.07. The molecule has 0 aliphatic carbocycles. The minimum Gasteiger partial charge on any atom is -0.500 e. The molecule has 108 valence electrons. The topological polar surface area (TPSA) is 82.3 Å². The number of nitrogens with zero attached hydrogens (tertiary/aromatic N) is 1. The third kappa shape index (κ3) is 8.01. The summed E-state index contributed by atoms with van der Waals surface area (Å²) in [5.41, 5.74) is 0.730. The zero-order chi connectivity index (χ0) is 15.4. The van der Waals surface area contributed by atoms with Gasteiger partial charge in [0, 0.05) is 17.3 Å². The smallest absolute Gasteiger partial charge is 0.349 e. The first-order valence-electron chi connectivity index (χ1n) is 5.99. The summed E-state index contributed by atoms with van der Waals surface area (Å²) in [6.07, 6.45) is 0.933. The number of anilines is 1. The highest BCUT2D eigenvalue weighted by Gasteiger charge is 2.04. The van der Waals surface area contributed by atoms with E-state index in [1.54, 1.807) is 6.92 Å². The van der Waals surface area contributed by atoms with Crippen LogP contribution in [0, 0.1) is 11.3 Å². The molecule has 20 heavy (non-hydrogen) atoms. The van der Waals surface area contributed by atoms with E-state index < -0.39 is 5.97 Å². The highest BCUT2D eigenvalue weighted by atomic mass is 35.5. The molecule has 0 aromatic heterocycles. The number of hydrogen-bond donors (Lipinski definition) is 2. The second-order valence-electron chi connectivity index (χ2n) is 3.44. The van der Waals surface area contributed by atoms with Crippen LogP contribution in [0.2, 0.25) is 5.02 Å². The maximum absolute atomic E-state index is 10.1. The van der Waals surface area contributed by atoms with Gasteiger partial charge in [-0.2, -0.15) is 5.26 Å². The lowest BCUT2D eigenvalue weighted by Crippen LogP contribution is -1.98. The molecule has 0 aliphatic heterocycles. The maximum atomic E-state index is 10.1. The van der Waals surface area contributed by atoms with E-state index in [0.29, 0.717) is 6.61 Å². The van der Waals surface area contributed by atoms with Gasteiger partial charge in [-0.25, -0.2) is 4.79 Å². The van der Waals surface area contributed by atoms with Crippen LogP contribution in [0.5, 0.6) is 0 Å². The molecule has 6 heteroatoms. The molecule has 0 spiro atoms. The van der Waals surface area contributed by atoms with E-state index in [0.717, 1.165) is 23.5 Å². The van der Waals surface area contributed by atoms with Gasteiger partial charge in [0.2, 0.25) is 0 Å². The Labute approximate surface area is 123 Å². The first kappa shape index (κ1) is 17.8. The summed E-state index contributed by atoms with van der Waals surface area (Å²) < 4.78 is 4.58. The molecule has 0 saturated heterocycles. The van der Waals surface area contributed by atoms with E-state index >= 15 is 0 Å². The van der Waals surface area contributed by atoms with Crippen LogP contribution in [0.1, 0.15) is 13.8 Å². The van der Waals surface area contributed by atoms with Gasteiger partial charge in [-0.15, -0.1) is 0 Å². The third-order valence-electron chi connectivity index (χ3n) is 1.94. The molecule has 0 heterocycles. The second kappa shape index (κ2) is 10.7. The van der Waals surface area contributed by atoms with Crippen LogP contribution in [0.15, 0.2) is 36.1 Å². The molecule has 0 fully saturated rings. The third-order valence-corrected chi connectivity index (χ3v) is 2.20. The van der Waals surface area contributed by atoms with Crippen molar-refractivity contribution in [3.05, 3.63) is 41.1 Å². The van der Waals surface area contributed by atoms with Crippen molar-refractivity contribution in [3.8, 4) is 6.07 Å². The van der Waals surface area contributed by atoms with Crippen LogP contribution in [0.4, 0.5) is 5.69 Å². The Morgan fingerprint density at radius 1 is 1.45 bits per heavy atom. The van der Waals surface area contributed by atoms with E-state index in [9.17, 15) is 4.79 Å². The summed E-state index contributed by atoms with van der Waals surface area (Å²) in [4.78, 5) is 10.1. The number of rotatable bonds is 5. The first-order chi connectivity index (χ1) is 9.54. The van der Waals surface area contributed by atoms with Gasteiger partial charge in [0.25, 0.3) is 0 Å². The predicted molar refractivity (Wildman–Crippen MR) is 78.6 cm³/mol. The van der Waals surface area contributed by atoms with E-state index in [-0.39, 0.29) is 5.57 Å². The van der Waals surface area contributed by atoms with Crippen molar-refractivity contribution in [2.75, 3.05) is 18.5 Å². The standard InChI is InChI=1S/C8H10ClN.C6H7NO3/c1-2-10-8-5-3-7(9)4-6-8;1-2-10-4-5(3-7)6(8)9/h3-6,10H,2H2,1H3;4H,2H2,1H3,(H,8,9)/b;5-4-. The predicted octanol–water partition coefficient (Wildman–Crippen LogP) is 3.29. The second-order valence-corrected chi connectivity index (χ2v) is 3.88. The Morgan fingerprint density at radius 3 is 2.45 bits per heavy atom. The molecule has 0 aliphatic rings. The summed E-state index contributed by atoms with van der Waals surface area (Å²) in [7, 11) is 0. The van der Waals surface area contributed by atoms with Crippen molar-refractivity contribution >= 4 is 23.3 Å². The van der Waals surface area contributed by atoms with Gasteiger partial charge in [-0.05, 0) is 38.1 Å². The Kier molecular flexibility index (Phi) is 9.53. The van der Waals surface area contributed by atoms with Crippen molar-refractivity contribution in [2.24, 2.45) is 0 Å². The Bertz CT molecular complexity index is 478. The van der Waals surface area contributed by atoms with E-state index in [1.165, 1.54) is 6.07 Å². The SMILES string of the molecule is CCNc1ccc(Cl)cc1.CCO/C=C(/C#N)C(=O)O. The number of carboxylic acid groups (broad SMARTS) is 1. The lowest BCUT2D eigenvalue weighted by Gasteiger charge is -2.00. The van der Waals surface area contributed by atoms with E-state index in [1.807, 2.05) is 24.3 Å². The average Bonchev–Trinajstić information content (AvgIpc) is 2.43. The van der Waals surface area contributed by atoms with Crippen LogP contribution in [-0.4, -0.2) is 24.2 Å².